The van der Waals surface area contributed by atoms with Gasteiger partial charge in [0.2, 0.25) is 0 Å². The van der Waals surface area contributed by atoms with E-state index in [1.807, 2.05) is 12.5 Å². The Balaban J connectivity index is 1.98. The molecule has 0 atom stereocenters. The molecule has 4 nitrogen and oxygen atoms in total. The van der Waals surface area contributed by atoms with E-state index in [2.05, 4.69) is 44.2 Å². The van der Waals surface area contributed by atoms with E-state index < -0.39 is 0 Å². The van der Waals surface area contributed by atoms with Crippen LogP contribution in [0.1, 0.15) is 5.56 Å². The van der Waals surface area contributed by atoms with Crippen LogP contribution >= 0.6 is 12.2 Å². The molecular weight excluding hydrogens is 244 g/mol. The maximum atomic E-state index is 5.37. The minimum atomic E-state index is 0.774. The van der Waals surface area contributed by atoms with Crippen molar-refractivity contribution in [1.82, 2.24) is 19.1 Å². The number of H-pyrrole nitrogens is 1. The van der Waals surface area contributed by atoms with E-state index in [1.165, 1.54) is 11.1 Å². The third-order valence-electron chi connectivity index (χ3n) is 3.07. The van der Waals surface area contributed by atoms with Gasteiger partial charge >= 0.3 is 0 Å². The van der Waals surface area contributed by atoms with E-state index in [0.29, 0.717) is 0 Å². The van der Waals surface area contributed by atoms with Gasteiger partial charge in [-0.2, -0.15) is 0 Å². The minimum absolute atomic E-state index is 0.774. The number of imidazole rings is 2. The van der Waals surface area contributed by atoms with Crippen LogP contribution in [-0.2, 0) is 13.1 Å². The molecule has 0 fully saturated rings. The van der Waals surface area contributed by atoms with Crippen LogP contribution in [0.25, 0.3) is 11.0 Å². The van der Waals surface area contributed by atoms with Crippen LogP contribution in [0.15, 0.2) is 36.9 Å². The predicted molar refractivity (Wildman–Crippen MR) is 74.1 cm³/mol. The number of aromatic amines is 1. The Kier molecular flexibility index (Phi) is 2.76. The van der Waals surface area contributed by atoms with Crippen LogP contribution in [-0.4, -0.2) is 19.1 Å². The molecule has 0 spiro atoms. The molecule has 5 heteroatoms. The van der Waals surface area contributed by atoms with Gasteiger partial charge in [0.15, 0.2) is 4.77 Å². The Morgan fingerprint density at radius 1 is 1.33 bits per heavy atom. The van der Waals surface area contributed by atoms with E-state index in [0.717, 1.165) is 23.4 Å². The van der Waals surface area contributed by atoms with Gasteiger partial charge in [-0.05, 0) is 36.8 Å². The van der Waals surface area contributed by atoms with Gasteiger partial charge in [-0.25, -0.2) is 4.98 Å². The average molecular weight is 258 g/mol. The molecule has 0 aliphatic carbocycles. The summed E-state index contributed by atoms with van der Waals surface area (Å²) in [5.41, 5.74) is 3.50. The van der Waals surface area contributed by atoms with Crippen molar-refractivity contribution in [3.05, 3.63) is 47.3 Å². The van der Waals surface area contributed by atoms with Gasteiger partial charge in [0.05, 0.1) is 17.4 Å². The van der Waals surface area contributed by atoms with Crippen molar-refractivity contribution in [2.45, 2.75) is 20.0 Å². The number of rotatable bonds is 3. The molecule has 0 radical (unpaired) electrons. The molecule has 3 aromatic rings. The fourth-order valence-electron chi connectivity index (χ4n) is 2.12. The molecule has 1 N–H and O–H groups in total. The zero-order valence-corrected chi connectivity index (χ0v) is 10.9. The first-order chi connectivity index (χ1) is 8.74. The van der Waals surface area contributed by atoms with E-state index in [4.69, 9.17) is 12.2 Å². The number of hydrogen-bond acceptors (Lipinski definition) is 2. The Morgan fingerprint density at radius 3 is 3.00 bits per heavy atom. The maximum absolute atomic E-state index is 5.37. The summed E-state index contributed by atoms with van der Waals surface area (Å²) >= 11 is 5.37. The molecule has 3 rings (SSSR count). The van der Waals surface area contributed by atoms with Gasteiger partial charge in [0, 0.05) is 25.5 Å². The molecule has 0 bridgehead atoms. The summed E-state index contributed by atoms with van der Waals surface area (Å²) in [6.45, 7) is 3.81. The number of fused-ring (bicyclic) bond motifs is 1. The molecule has 0 saturated carbocycles. The number of nitrogens with zero attached hydrogens (tertiary/aromatic N) is 3. The van der Waals surface area contributed by atoms with E-state index >= 15 is 0 Å². The lowest BCUT2D eigenvalue weighted by Crippen LogP contribution is -2.05. The average Bonchev–Trinajstić information content (AvgIpc) is 2.94. The van der Waals surface area contributed by atoms with Gasteiger partial charge in [-0.15, -0.1) is 0 Å². The van der Waals surface area contributed by atoms with Crippen molar-refractivity contribution in [1.29, 1.82) is 0 Å². The number of aromatic nitrogens is 4. The molecule has 0 unspecified atom stereocenters. The fourth-order valence-corrected chi connectivity index (χ4v) is 2.42. The van der Waals surface area contributed by atoms with Crippen molar-refractivity contribution < 1.29 is 0 Å². The molecule has 0 aliphatic rings. The van der Waals surface area contributed by atoms with Crippen LogP contribution in [0.4, 0.5) is 0 Å². The third kappa shape index (κ3) is 1.97. The fraction of sp³-hybridized carbons (Fsp3) is 0.231. The van der Waals surface area contributed by atoms with Gasteiger partial charge in [0.25, 0.3) is 0 Å². The molecule has 18 heavy (non-hydrogen) atoms. The Labute approximate surface area is 110 Å². The number of benzene rings is 1. The highest BCUT2D eigenvalue weighted by molar-refractivity contribution is 7.71. The van der Waals surface area contributed by atoms with Crippen molar-refractivity contribution >= 4 is 23.3 Å². The van der Waals surface area contributed by atoms with Crippen molar-refractivity contribution in [3.63, 3.8) is 0 Å². The monoisotopic (exact) mass is 258 g/mol. The van der Waals surface area contributed by atoms with Crippen molar-refractivity contribution in [3.8, 4) is 0 Å². The summed E-state index contributed by atoms with van der Waals surface area (Å²) in [7, 11) is 0. The zero-order valence-electron chi connectivity index (χ0n) is 10.1. The van der Waals surface area contributed by atoms with Crippen LogP contribution in [0, 0.1) is 11.7 Å². The lowest BCUT2D eigenvalue weighted by Gasteiger charge is -2.05. The molecule has 2 heterocycles. The van der Waals surface area contributed by atoms with Crippen LogP contribution in [0.2, 0.25) is 0 Å². The van der Waals surface area contributed by atoms with Gasteiger partial charge < -0.3 is 14.1 Å². The molecular formula is C13H14N4S. The topological polar surface area (TPSA) is 38.5 Å². The summed E-state index contributed by atoms with van der Waals surface area (Å²) < 4.78 is 4.96. The first kappa shape index (κ1) is 11.2. The SMILES string of the molecule is Cc1ccc2[nH]c(=S)n(CCn3ccnc3)c2c1. The first-order valence-electron chi connectivity index (χ1n) is 5.89. The molecule has 0 saturated heterocycles. The molecule has 1 aromatic carbocycles. The predicted octanol–water partition coefficient (Wildman–Crippen LogP) is 2.90. The Morgan fingerprint density at radius 2 is 2.22 bits per heavy atom. The lowest BCUT2D eigenvalue weighted by atomic mass is 10.2. The summed E-state index contributed by atoms with van der Waals surface area (Å²) in [5.74, 6) is 0. The molecule has 0 aliphatic heterocycles. The van der Waals surface area contributed by atoms with Gasteiger partial charge in [-0.1, -0.05) is 6.07 Å². The smallest absolute Gasteiger partial charge is 0.178 e. The molecule has 0 amide bonds. The highest BCUT2D eigenvalue weighted by Gasteiger charge is 2.04. The molecule has 92 valence electrons. The van der Waals surface area contributed by atoms with Gasteiger partial charge in [0.1, 0.15) is 0 Å². The molecule has 2 aromatic heterocycles. The van der Waals surface area contributed by atoms with Crippen LogP contribution in [0.5, 0.6) is 0 Å². The van der Waals surface area contributed by atoms with Crippen LogP contribution in [0.3, 0.4) is 0 Å². The number of nitrogens with one attached hydrogen (secondary N) is 1. The second-order valence-corrected chi connectivity index (χ2v) is 4.79. The Bertz CT molecular complexity index is 721. The highest BCUT2D eigenvalue weighted by Crippen LogP contribution is 2.16. The largest absolute Gasteiger partial charge is 0.336 e. The second kappa shape index (κ2) is 4.42. The summed E-state index contributed by atoms with van der Waals surface area (Å²) in [5, 5.41) is 0. The summed E-state index contributed by atoms with van der Waals surface area (Å²) in [6, 6.07) is 6.33. The summed E-state index contributed by atoms with van der Waals surface area (Å²) in [4.78, 5) is 7.28. The third-order valence-corrected chi connectivity index (χ3v) is 3.39. The first-order valence-corrected chi connectivity index (χ1v) is 6.30. The second-order valence-electron chi connectivity index (χ2n) is 4.40. The Hall–Kier alpha value is -1.88. The quantitative estimate of drug-likeness (QED) is 0.734. The van der Waals surface area contributed by atoms with E-state index in [1.54, 1.807) is 6.20 Å². The normalized spacial score (nSPS) is 11.2. The lowest BCUT2D eigenvalue weighted by molar-refractivity contribution is 0.584. The van der Waals surface area contributed by atoms with E-state index in [-0.39, 0.29) is 0 Å². The number of hydrogen-bond donors (Lipinski definition) is 1. The minimum Gasteiger partial charge on any atom is -0.336 e. The van der Waals surface area contributed by atoms with Crippen LogP contribution < -0.4 is 0 Å². The van der Waals surface area contributed by atoms with E-state index in [9.17, 15) is 0 Å². The van der Waals surface area contributed by atoms with Crippen molar-refractivity contribution in [2.24, 2.45) is 0 Å². The maximum Gasteiger partial charge on any atom is 0.178 e. The standard InChI is InChI=1S/C13H14N4S/c1-10-2-3-11-12(8-10)17(13(18)15-11)7-6-16-5-4-14-9-16/h2-5,8-9H,6-7H2,1H3,(H,15,18). The summed E-state index contributed by atoms with van der Waals surface area (Å²) in [6.07, 6.45) is 5.58. The van der Waals surface area contributed by atoms with Crippen molar-refractivity contribution in [2.75, 3.05) is 0 Å². The highest BCUT2D eigenvalue weighted by atomic mass is 32.1. The van der Waals surface area contributed by atoms with Gasteiger partial charge in [-0.3, -0.25) is 0 Å². The zero-order chi connectivity index (χ0) is 12.5. The number of aryl methyl sites for hydroxylation is 3.